The van der Waals surface area contributed by atoms with Crippen molar-refractivity contribution in [2.24, 2.45) is 0 Å². The molecule has 0 saturated carbocycles. The number of hydrogen-bond donors (Lipinski definition) is 1. The van der Waals surface area contributed by atoms with Crippen molar-refractivity contribution in [3.8, 4) is 11.1 Å². The lowest BCUT2D eigenvalue weighted by Crippen LogP contribution is -2.44. The maximum atomic E-state index is 14.3. The van der Waals surface area contributed by atoms with E-state index in [0.29, 0.717) is 22.7 Å². The van der Waals surface area contributed by atoms with Gasteiger partial charge in [0.25, 0.3) is 0 Å². The first-order valence-electron chi connectivity index (χ1n) is 10.9. The van der Waals surface area contributed by atoms with Crippen molar-refractivity contribution in [3.63, 3.8) is 0 Å². The summed E-state index contributed by atoms with van der Waals surface area (Å²) in [5, 5.41) is 7.56. The highest BCUT2D eigenvalue weighted by Crippen LogP contribution is 2.28. The summed E-state index contributed by atoms with van der Waals surface area (Å²) in [5.41, 5.74) is 3.63. The molecule has 2 aromatic carbocycles. The second kappa shape index (κ2) is 8.69. The third kappa shape index (κ3) is 4.59. The normalized spacial score (nSPS) is 15.1. The van der Waals surface area contributed by atoms with Gasteiger partial charge in [-0.1, -0.05) is 12.1 Å². The van der Waals surface area contributed by atoms with Gasteiger partial charge in [0, 0.05) is 50.8 Å². The number of hydrogen-bond acceptors (Lipinski definition) is 7. The monoisotopic (exact) mass is 482 g/mol. The number of halogens is 1. The number of fused-ring (bicyclic) bond motifs is 1. The maximum absolute atomic E-state index is 14.3. The molecule has 1 aliphatic heterocycles. The van der Waals surface area contributed by atoms with Crippen LogP contribution in [-0.2, 0) is 9.84 Å². The van der Waals surface area contributed by atoms with Crippen LogP contribution in [0.15, 0.2) is 65.7 Å². The number of anilines is 3. The molecule has 4 aromatic rings. The van der Waals surface area contributed by atoms with E-state index in [-0.39, 0.29) is 6.32 Å². The summed E-state index contributed by atoms with van der Waals surface area (Å²) in [4.78, 5) is 9.43. The van der Waals surface area contributed by atoms with Crippen LogP contribution in [-0.4, -0.2) is 67.4 Å². The van der Waals surface area contributed by atoms with E-state index in [1.807, 2.05) is 12.1 Å². The van der Waals surface area contributed by atoms with Crippen molar-refractivity contribution in [1.29, 1.82) is 0 Å². The lowest BCUT2D eigenvalue weighted by atomic mass is 10.1. The van der Waals surface area contributed by atoms with Gasteiger partial charge in [0.15, 0.2) is 15.5 Å². The van der Waals surface area contributed by atoms with Gasteiger partial charge in [-0.25, -0.2) is 17.3 Å². The third-order valence-corrected chi connectivity index (χ3v) is 7.11. The SMILES string of the molecule is CN1CCN(c2ccc(Nc3nc4c(-c5ccc(S(C)(=O)=O)cc5)cc(F)cn4n3)cc2)CC1.[HH]. The molecule has 2 aromatic heterocycles. The molecule has 1 fully saturated rings. The average molecular weight is 483 g/mol. The lowest BCUT2D eigenvalue weighted by molar-refractivity contribution is 0.313. The van der Waals surface area contributed by atoms with E-state index in [9.17, 15) is 12.8 Å². The summed E-state index contributed by atoms with van der Waals surface area (Å²) < 4.78 is 39.2. The zero-order valence-electron chi connectivity index (χ0n) is 18.9. The Kier molecular flexibility index (Phi) is 5.70. The number of likely N-dealkylation sites (N-methyl/N-ethyl adjacent to an activating group) is 1. The highest BCUT2D eigenvalue weighted by Gasteiger charge is 2.16. The Bertz CT molecular complexity index is 1430. The molecule has 0 aliphatic carbocycles. The highest BCUT2D eigenvalue weighted by atomic mass is 32.2. The quantitative estimate of drug-likeness (QED) is 0.465. The topological polar surface area (TPSA) is 82.8 Å². The molecule has 1 saturated heterocycles. The van der Waals surface area contributed by atoms with Crippen molar-refractivity contribution in [1.82, 2.24) is 19.5 Å². The number of rotatable bonds is 5. The fourth-order valence-corrected chi connectivity index (χ4v) is 4.68. The molecule has 0 unspecified atom stereocenters. The first-order chi connectivity index (χ1) is 16.3. The fourth-order valence-electron chi connectivity index (χ4n) is 4.05. The Morgan fingerprint density at radius 2 is 1.68 bits per heavy atom. The van der Waals surface area contributed by atoms with Gasteiger partial charge < -0.3 is 15.1 Å². The van der Waals surface area contributed by atoms with Crippen LogP contribution >= 0.6 is 0 Å². The number of nitrogens with zero attached hydrogens (tertiary/aromatic N) is 5. The largest absolute Gasteiger partial charge is 0.369 e. The van der Waals surface area contributed by atoms with Crippen molar-refractivity contribution < 1.29 is 14.2 Å². The lowest BCUT2D eigenvalue weighted by Gasteiger charge is -2.34. The molecular formula is C24H27FN6O2S. The van der Waals surface area contributed by atoms with Gasteiger partial charge in [0.05, 0.1) is 11.1 Å². The number of sulfone groups is 1. The van der Waals surface area contributed by atoms with E-state index >= 15 is 0 Å². The van der Waals surface area contributed by atoms with Crippen LogP contribution in [0.4, 0.5) is 21.7 Å². The van der Waals surface area contributed by atoms with E-state index in [1.165, 1.54) is 34.6 Å². The molecule has 34 heavy (non-hydrogen) atoms. The summed E-state index contributed by atoms with van der Waals surface area (Å²) in [7, 11) is -1.19. The minimum Gasteiger partial charge on any atom is -0.369 e. The predicted molar refractivity (Wildman–Crippen MR) is 133 cm³/mol. The first-order valence-corrected chi connectivity index (χ1v) is 12.8. The van der Waals surface area contributed by atoms with Crippen molar-refractivity contribution in [3.05, 3.63) is 66.6 Å². The molecule has 0 atom stereocenters. The molecule has 8 nitrogen and oxygen atoms in total. The van der Waals surface area contributed by atoms with Crippen molar-refractivity contribution in [2.45, 2.75) is 4.90 Å². The standard InChI is InChI=1S/C24H25FN6O2S.H2/c1-29-11-13-30(14-12-29)20-7-5-19(6-8-20)26-24-27-23-22(15-18(25)16-31(23)28-24)17-3-9-21(10-4-17)34(2,32)33;/h3-10,15-16H,11-14H2,1-2H3,(H,26,28);1H. The van der Waals surface area contributed by atoms with Gasteiger partial charge in [-0.15, -0.1) is 5.10 Å². The predicted octanol–water partition coefficient (Wildman–Crippen LogP) is 3.68. The smallest absolute Gasteiger partial charge is 0.247 e. The first kappa shape index (κ1) is 22.3. The molecule has 0 radical (unpaired) electrons. The average Bonchev–Trinajstić information content (AvgIpc) is 3.21. The molecule has 0 amide bonds. The van der Waals surface area contributed by atoms with Gasteiger partial charge in [0.1, 0.15) is 5.82 Å². The molecule has 3 heterocycles. The molecule has 1 N–H and O–H groups in total. The molecule has 178 valence electrons. The Labute approximate surface area is 199 Å². The Morgan fingerprint density at radius 3 is 2.32 bits per heavy atom. The number of benzene rings is 2. The van der Waals surface area contributed by atoms with Crippen LogP contribution in [0, 0.1) is 5.82 Å². The molecule has 1 aliphatic rings. The summed E-state index contributed by atoms with van der Waals surface area (Å²) in [6, 6.07) is 15.8. The third-order valence-electron chi connectivity index (χ3n) is 5.99. The fraction of sp³-hybridized carbons (Fsp3) is 0.250. The van der Waals surface area contributed by atoms with Crippen LogP contribution in [0.1, 0.15) is 1.43 Å². The van der Waals surface area contributed by atoms with Crippen LogP contribution in [0.3, 0.4) is 0 Å². The number of piperazine rings is 1. The summed E-state index contributed by atoms with van der Waals surface area (Å²) in [6.45, 7) is 4.08. The second-order valence-corrected chi connectivity index (χ2v) is 10.6. The minimum absolute atomic E-state index is 0. The Morgan fingerprint density at radius 1 is 1.00 bits per heavy atom. The highest BCUT2D eigenvalue weighted by molar-refractivity contribution is 7.90. The van der Waals surface area contributed by atoms with Gasteiger partial charge in [-0.05, 0) is 55.1 Å². The number of aromatic nitrogens is 3. The van der Waals surface area contributed by atoms with Crippen LogP contribution in [0.2, 0.25) is 0 Å². The van der Waals surface area contributed by atoms with Gasteiger partial charge in [-0.2, -0.15) is 4.98 Å². The van der Waals surface area contributed by atoms with Gasteiger partial charge in [-0.3, -0.25) is 0 Å². The van der Waals surface area contributed by atoms with Crippen LogP contribution in [0.25, 0.3) is 16.8 Å². The van der Waals surface area contributed by atoms with E-state index in [4.69, 9.17) is 0 Å². The minimum atomic E-state index is -3.32. The van der Waals surface area contributed by atoms with Crippen molar-refractivity contribution in [2.75, 3.05) is 49.7 Å². The zero-order chi connectivity index (χ0) is 23.9. The van der Waals surface area contributed by atoms with Crippen LogP contribution < -0.4 is 10.2 Å². The van der Waals surface area contributed by atoms with Crippen LogP contribution in [0.5, 0.6) is 0 Å². The zero-order valence-corrected chi connectivity index (χ0v) is 19.8. The maximum Gasteiger partial charge on any atom is 0.247 e. The second-order valence-electron chi connectivity index (χ2n) is 8.53. The summed E-state index contributed by atoms with van der Waals surface area (Å²) in [5.74, 6) is -0.130. The number of nitrogens with one attached hydrogen (secondary N) is 1. The molecule has 0 bridgehead atoms. The van der Waals surface area contributed by atoms with E-state index in [1.54, 1.807) is 12.1 Å². The Balaban J connectivity index is 0.00000289. The molecule has 10 heteroatoms. The van der Waals surface area contributed by atoms with Gasteiger partial charge >= 0.3 is 0 Å². The van der Waals surface area contributed by atoms with E-state index in [2.05, 4.69) is 44.4 Å². The Hall–Kier alpha value is -3.50. The summed E-state index contributed by atoms with van der Waals surface area (Å²) in [6.07, 6.45) is 2.41. The molecule has 5 rings (SSSR count). The van der Waals surface area contributed by atoms with E-state index < -0.39 is 15.7 Å². The molecule has 0 spiro atoms. The number of pyridine rings is 1. The summed E-state index contributed by atoms with van der Waals surface area (Å²) >= 11 is 0. The van der Waals surface area contributed by atoms with Crippen molar-refractivity contribution >= 4 is 32.8 Å². The van der Waals surface area contributed by atoms with E-state index in [0.717, 1.165) is 38.1 Å². The van der Waals surface area contributed by atoms with Gasteiger partial charge in [0.2, 0.25) is 5.95 Å². The molecular weight excluding hydrogens is 455 g/mol.